The van der Waals surface area contributed by atoms with E-state index in [2.05, 4.69) is 36.2 Å². The van der Waals surface area contributed by atoms with Crippen LogP contribution >= 0.6 is 0 Å². The van der Waals surface area contributed by atoms with Crippen molar-refractivity contribution in [3.05, 3.63) is 66.5 Å². The molecule has 0 aliphatic heterocycles. The summed E-state index contributed by atoms with van der Waals surface area (Å²) < 4.78 is 36.0. The second-order valence-corrected chi connectivity index (χ2v) is 5.28. The molecule has 3 rings (SSSR count). The first kappa shape index (κ1) is 16.3. The van der Waals surface area contributed by atoms with Crippen LogP contribution in [-0.4, -0.2) is 4.98 Å². The summed E-state index contributed by atoms with van der Waals surface area (Å²) in [6.07, 6.45) is 4.04. The number of pyridine rings is 1. The van der Waals surface area contributed by atoms with E-state index in [1.807, 2.05) is 41.1 Å². The van der Waals surface area contributed by atoms with Crippen LogP contribution in [0.25, 0.3) is 16.9 Å². The van der Waals surface area contributed by atoms with Crippen molar-refractivity contribution in [1.29, 1.82) is 0 Å². The Hall–Kier alpha value is -2.09. The van der Waals surface area contributed by atoms with Crippen LogP contribution in [0, 0.1) is 17.2 Å². The monoisotopic (exact) mass is 320 g/mol. The third-order valence-electron chi connectivity index (χ3n) is 2.84. The molecule has 0 N–H and O–H groups in total. The van der Waals surface area contributed by atoms with E-state index in [0.29, 0.717) is 0 Å². The minimum absolute atomic E-state index is 0.963. The van der Waals surface area contributed by atoms with Crippen LogP contribution in [0.5, 0.6) is 0 Å². The highest BCUT2D eigenvalue weighted by molar-refractivity contribution is 5.60. The van der Waals surface area contributed by atoms with Crippen LogP contribution in [0.2, 0.25) is 0 Å². The molecule has 0 bridgehead atoms. The lowest BCUT2D eigenvalue weighted by molar-refractivity contribution is -2.00. The highest BCUT2D eigenvalue weighted by atomic mass is 35.7. The van der Waals surface area contributed by atoms with Crippen molar-refractivity contribution in [2.75, 3.05) is 0 Å². The number of nitrogens with zero attached hydrogens (tertiary/aromatic N) is 2. The Bertz CT molecular complexity index is 751. The quantitative estimate of drug-likeness (QED) is 0.484. The predicted molar refractivity (Wildman–Crippen MR) is 67.6 cm³/mol. The summed E-state index contributed by atoms with van der Waals surface area (Å²) in [6.45, 7) is 2.09. The molecular formula is C15H13ClN2O4. The molecular weight excluding hydrogens is 308 g/mol. The van der Waals surface area contributed by atoms with Crippen molar-refractivity contribution >= 4 is 5.65 Å². The van der Waals surface area contributed by atoms with Gasteiger partial charge in [-0.15, -0.1) is 10.2 Å². The lowest BCUT2D eigenvalue weighted by Crippen LogP contribution is -2.68. The van der Waals surface area contributed by atoms with Crippen molar-refractivity contribution in [3.8, 4) is 11.3 Å². The van der Waals surface area contributed by atoms with E-state index < -0.39 is 10.2 Å². The predicted octanol–water partition coefficient (Wildman–Crippen LogP) is -1.96. The first-order valence-corrected chi connectivity index (χ1v) is 7.52. The van der Waals surface area contributed by atoms with Crippen LogP contribution in [0.1, 0.15) is 5.56 Å². The molecule has 0 aliphatic rings. The summed E-state index contributed by atoms with van der Waals surface area (Å²) in [5.41, 5.74) is 4.40. The fourth-order valence-corrected chi connectivity index (χ4v) is 1.86. The summed E-state index contributed by atoms with van der Waals surface area (Å²) in [5.74, 6) is 0. The summed E-state index contributed by atoms with van der Waals surface area (Å²) >= 11 is 0. The smallest absolute Gasteiger partial charge is 0.222 e. The van der Waals surface area contributed by atoms with Gasteiger partial charge in [-0.1, -0.05) is 35.9 Å². The molecule has 0 atom stereocenters. The van der Waals surface area contributed by atoms with Gasteiger partial charge in [0, 0.05) is 17.7 Å². The molecule has 2 heterocycles. The van der Waals surface area contributed by atoms with Crippen molar-refractivity contribution in [1.82, 2.24) is 4.98 Å². The number of aryl methyl sites for hydroxylation is 1. The Kier molecular flexibility index (Phi) is 5.02. The fraction of sp³-hybridized carbons (Fsp3) is 0.0667. The molecule has 22 heavy (non-hydrogen) atoms. The van der Waals surface area contributed by atoms with E-state index in [1.54, 1.807) is 0 Å². The molecule has 7 heteroatoms. The molecule has 0 unspecified atom stereocenters. The van der Waals surface area contributed by atoms with Crippen LogP contribution < -0.4 is 23.0 Å². The third-order valence-corrected chi connectivity index (χ3v) is 2.84. The topological polar surface area (TPSA) is 109 Å². The SMILES string of the molecule is Cc1ccc(-c2cc[n+]3ccccc3n2)cc1.[O-][Cl+3]([O-])([O-])[O-]. The van der Waals surface area contributed by atoms with Gasteiger partial charge in [-0.25, -0.2) is 23.0 Å². The maximum Gasteiger partial charge on any atom is 0.328 e. The minimum atomic E-state index is -4.94. The van der Waals surface area contributed by atoms with Crippen molar-refractivity contribution in [2.24, 2.45) is 0 Å². The van der Waals surface area contributed by atoms with Gasteiger partial charge in [-0.2, -0.15) is 0 Å². The van der Waals surface area contributed by atoms with E-state index in [0.717, 1.165) is 16.9 Å². The number of fused-ring (bicyclic) bond motifs is 1. The van der Waals surface area contributed by atoms with Crippen molar-refractivity contribution in [3.63, 3.8) is 0 Å². The summed E-state index contributed by atoms with van der Waals surface area (Å²) in [7, 11) is -4.94. The molecule has 1 aromatic carbocycles. The first-order valence-electron chi connectivity index (χ1n) is 6.29. The Labute approximate surface area is 129 Å². The largest absolute Gasteiger partial charge is 0.328 e. The molecule has 0 saturated heterocycles. The average Bonchev–Trinajstić information content (AvgIpc) is 2.46. The normalized spacial score (nSPS) is 11.0. The van der Waals surface area contributed by atoms with E-state index in [9.17, 15) is 0 Å². The summed E-state index contributed by atoms with van der Waals surface area (Å²) in [5, 5.41) is 0. The number of halogens is 1. The highest BCUT2D eigenvalue weighted by Crippen LogP contribution is 2.16. The van der Waals surface area contributed by atoms with Gasteiger partial charge in [0.25, 0.3) is 0 Å². The lowest BCUT2D eigenvalue weighted by atomic mass is 10.1. The van der Waals surface area contributed by atoms with E-state index >= 15 is 0 Å². The lowest BCUT2D eigenvalue weighted by Gasteiger charge is -2.17. The number of benzene rings is 1. The molecule has 0 fully saturated rings. The molecule has 2 aromatic heterocycles. The molecule has 0 amide bonds. The van der Waals surface area contributed by atoms with Crippen LogP contribution in [0.15, 0.2) is 60.9 Å². The van der Waals surface area contributed by atoms with Crippen molar-refractivity contribution in [2.45, 2.75) is 6.92 Å². The molecule has 0 radical (unpaired) electrons. The maximum absolute atomic E-state index is 8.49. The first-order chi connectivity index (χ1) is 10.3. The summed E-state index contributed by atoms with van der Waals surface area (Å²) in [6, 6.07) is 16.5. The van der Waals surface area contributed by atoms with Gasteiger partial charge in [0.05, 0.1) is 6.20 Å². The molecule has 6 nitrogen and oxygen atoms in total. The van der Waals surface area contributed by atoms with Gasteiger partial charge in [-0.3, -0.25) is 0 Å². The number of hydrogen-bond donors (Lipinski definition) is 0. The maximum atomic E-state index is 8.49. The Balaban J connectivity index is 0.000000309. The zero-order valence-corrected chi connectivity index (χ0v) is 12.4. The molecule has 114 valence electrons. The van der Waals surface area contributed by atoms with Crippen LogP contribution in [0.3, 0.4) is 0 Å². The van der Waals surface area contributed by atoms with Gasteiger partial charge in [-0.05, 0) is 18.0 Å². The van der Waals surface area contributed by atoms with Gasteiger partial charge < -0.3 is 0 Å². The number of rotatable bonds is 1. The van der Waals surface area contributed by atoms with Crippen molar-refractivity contribution < 1.29 is 33.3 Å². The average molecular weight is 321 g/mol. The number of aromatic nitrogens is 2. The van der Waals surface area contributed by atoms with Gasteiger partial charge >= 0.3 is 5.65 Å². The zero-order chi connectivity index (χ0) is 16.2. The highest BCUT2D eigenvalue weighted by Gasteiger charge is 2.08. The minimum Gasteiger partial charge on any atom is -0.222 e. The van der Waals surface area contributed by atoms with Gasteiger partial charge in [0.15, 0.2) is 5.69 Å². The van der Waals surface area contributed by atoms with Crippen LogP contribution in [0.4, 0.5) is 0 Å². The number of hydrogen-bond acceptors (Lipinski definition) is 5. The fourth-order valence-electron chi connectivity index (χ4n) is 1.86. The Morgan fingerprint density at radius 3 is 2.14 bits per heavy atom. The second kappa shape index (κ2) is 6.78. The van der Waals surface area contributed by atoms with Gasteiger partial charge in [0.2, 0.25) is 0 Å². The van der Waals surface area contributed by atoms with E-state index in [4.69, 9.17) is 18.6 Å². The van der Waals surface area contributed by atoms with Crippen LogP contribution in [-0.2, 0) is 0 Å². The standard InChI is InChI=1S/C15H13N2.ClHO4/c1-12-5-7-13(8-6-12)14-9-11-17-10-3-2-4-15(17)16-14;2-1(3,4)5/h2-11H,1H3;(H,2,3,4,5)/q+1;/p-1. The van der Waals surface area contributed by atoms with E-state index in [1.165, 1.54) is 5.56 Å². The molecule has 0 spiro atoms. The van der Waals surface area contributed by atoms with Gasteiger partial charge in [0.1, 0.15) is 6.20 Å². The summed E-state index contributed by atoms with van der Waals surface area (Å²) in [4.78, 5) is 4.64. The third kappa shape index (κ3) is 5.03. The molecule has 0 saturated carbocycles. The Morgan fingerprint density at radius 2 is 1.50 bits per heavy atom. The zero-order valence-electron chi connectivity index (χ0n) is 11.7. The molecule has 3 aromatic rings. The Morgan fingerprint density at radius 1 is 0.864 bits per heavy atom. The van der Waals surface area contributed by atoms with E-state index in [-0.39, 0.29) is 0 Å². The second-order valence-electron chi connectivity index (χ2n) is 4.52. The molecule has 0 aliphatic carbocycles.